The van der Waals surface area contributed by atoms with Gasteiger partial charge in [-0.3, -0.25) is 4.79 Å². The summed E-state index contributed by atoms with van der Waals surface area (Å²) in [5.74, 6) is 0.927. The second-order valence-corrected chi connectivity index (χ2v) is 7.99. The monoisotopic (exact) mass is 366 g/mol. The summed E-state index contributed by atoms with van der Waals surface area (Å²) in [6.45, 7) is 0. The van der Waals surface area contributed by atoms with Crippen LogP contribution in [-0.2, 0) is 16.0 Å². The number of nitrogens with one attached hydrogen (secondary N) is 1. The van der Waals surface area contributed by atoms with Crippen LogP contribution in [0.4, 0.5) is 5.13 Å². The van der Waals surface area contributed by atoms with Crippen molar-refractivity contribution in [3.8, 4) is 0 Å². The molecule has 6 heteroatoms. The molecule has 23 heavy (non-hydrogen) atoms. The third kappa shape index (κ3) is 3.57. The smallest absolute Gasteiger partial charge is 0.236 e. The Kier molecular flexibility index (Phi) is 5.29. The molecule has 1 N–H and O–H groups in total. The number of amides is 1. The van der Waals surface area contributed by atoms with Crippen LogP contribution in [0.15, 0.2) is 29.6 Å². The molecule has 1 aliphatic rings. The van der Waals surface area contributed by atoms with Crippen LogP contribution in [-0.4, -0.2) is 17.1 Å². The lowest BCUT2D eigenvalue weighted by Gasteiger charge is -2.27. The zero-order valence-electron chi connectivity index (χ0n) is 13.0. The normalized spacial score (nSPS) is 16.4. The standard InChI is InChI=1S/C17H19ClN2OS2/c1-22-10-14-11-23-16(19-14)20-15(21)17(8-2-3-9-17)12-4-6-13(18)7-5-12/h4-7,11H,2-3,8-10H2,1H3,(H,19,20,21). The van der Waals surface area contributed by atoms with Crippen molar-refractivity contribution >= 4 is 45.7 Å². The molecule has 1 aliphatic carbocycles. The highest BCUT2D eigenvalue weighted by Crippen LogP contribution is 2.42. The van der Waals surface area contributed by atoms with Crippen LogP contribution in [0.25, 0.3) is 0 Å². The van der Waals surface area contributed by atoms with E-state index in [0.29, 0.717) is 10.2 Å². The van der Waals surface area contributed by atoms with Gasteiger partial charge in [0.25, 0.3) is 0 Å². The second-order valence-electron chi connectivity index (χ2n) is 5.83. The molecule has 0 aliphatic heterocycles. The average Bonchev–Trinajstić information content (AvgIpc) is 3.19. The first-order chi connectivity index (χ1) is 11.1. The summed E-state index contributed by atoms with van der Waals surface area (Å²) in [7, 11) is 0. The van der Waals surface area contributed by atoms with Gasteiger partial charge in [0.1, 0.15) is 0 Å². The fourth-order valence-electron chi connectivity index (χ4n) is 3.19. The molecule has 1 fully saturated rings. The lowest BCUT2D eigenvalue weighted by Crippen LogP contribution is -2.37. The summed E-state index contributed by atoms with van der Waals surface area (Å²) in [6.07, 6.45) is 5.95. The summed E-state index contributed by atoms with van der Waals surface area (Å²) in [4.78, 5) is 17.5. The first kappa shape index (κ1) is 16.8. The molecule has 1 aromatic heterocycles. The molecule has 0 saturated heterocycles. The van der Waals surface area contributed by atoms with Gasteiger partial charge in [-0.2, -0.15) is 11.8 Å². The Labute approximate surface area is 149 Å². The number of thiazole rings is 1. The Hall–Kier alpha value is -1.04. The number of hydrogen-bond donors (Lipinski definition) is 1. The van der Waals surface area contributed by atoms with Crippen molar-refractivity contribution in [1.82, 2.24) is 4.98 Å². The van der Waals surface area contributed by atoms with Crippen LogP contribution in [0.1, 0.15) is 36.9 Å². The highest BCUT2D eigenvalue weighted by Gasteiger charge is 2.42. The highest BCUT2D eigenvalue weighted by atomic mass is 35.5. The fraction of sp³-hybridized carbons (Fsp3) is 0.412. The number of anilines is 1. The van der Waals surface area contributed by atoms with Crippen molar-refractivity contribution in [2.75, 3.05) is 11.6 Å². The van der Waals surface area contributed by atoms with Gasteiger partial charge in [-0.15, -0.1) is 11.3 Å². The minimum atomic E-state index is -0.448. The zero-order chi connectivity index (χ0) is 16.3. The highest BCUT2D eigenvalue weighted by molar-refractivity contribution is 7.97. The van der Waals surface area contributed by atoms with Crippen LogP contribution in [0.3, 0.4) is 0 Å². The van der Waals surface area contributed by atoms with E-state index in [2.05, 4.69) is 10.3 Å². The first-order valence-corrected chi connectivity index (χ1v) is 10.3. The Balaban J connectivity index is 1.82. The van der Waals surface area contributed by atoms with Crippen LogP contribution >= 0.6 is 34.7 Å². The summed E-state index contributed by atoms with van der Waals surface area (Å²) in [5, 5.41) is 6.44. The molecule has 0 spiro atoms. The lowest BCUT2D eigenvalue weighted by molar-refractivity contribution is -0.121. The Morgan fingerprint density at radius 1 is 1.35 bits per heavy atom. The number of hydrogen-bond acceptors (Lipinski definition) is 4. The molecule has 0 unspecified atom stereocenters. The number of thioether (sulfide) groups is 1. The molecule has 1 saturated carbocycles. The van der Waals surface area contributed by atoms with Gasteiger partial charge in [0.2, 0.25) is 5.91 Å². The number of rotatable bonds is 5. The minimum absolute atomic E-state index is 0.0578. The summed E-state index contributed by atoms with van der Waals surface area (Å²) in [6, 6.07) is 7.69. The minimum Gasteiger partial charge on any atom is -0.301 e. The molecule has 1 heterocycles. The van der Waals surface area contributed by atoms with Crippen molar-refractivity contribution in [1.29, 1.82) is 0 Å². The quantitative estimate of drug-likeness (QED) is 0.799. The Bertz CT molecular complexity index is 678. The predicted octanol–water partition coefficient (Wildman–Crippen LogP) is 5.11. The number of halogens is 1. The maximum atomic E-state index is 13.0. The van der Waals surface area contributed by atoms with E-state index in [1.165, 1.54) is 11.3 Å². The molecular formula is C17H19ClN2OS2. The van der Waals surface area contributed by atoms with E-state index in [-0.39, 0.29) is 5.91 Å². The van der Waals surface area contributed by atoms with E-state index in [1.54, 1.807) is 11.8 Å². The predicted molar refractivity (Wildman–Crippen MR) is 99.6 cm³/mol. The van der Waals surface area contributed by atoms with Crippen molar-refractivity contribution in [3.63, 3.8) is 0 Å². The molecule has 0 bridgehead atoms. The van der Waals surface area contributed by atoms with E-state index in [4.69, 9.17) is 11.6 Å². The molecule has 0 radical (unpaired) electrons. The van der Waals surface area contributed by atoms with Crippen LogP contribution in [0, 0.1) is 0 Å². The first-order valence-electron chi connectivity index (χ1n) is 7.65. The van der Waals surface area contributed by atoms with Gasteiger partial charge < -0.3 is 5.32 Å². The van der Waals surface area contributed by atoms with E-state index in [9.17, 15) is 4.79 Å². The Morgan fingerprint density at radius 3 is 2.70 bits per heavy atom. The van der Waals surface area contributed by atoms with Crippen LogP contribution < -0.4 is 5.32 Å². The van der Waals surface area contributed by atoms with Crippen molar-refractivity contribution in [2.45, 2.75) is 36.9 Å². The Morgan fingerprint density at radius 2 is 2.04 bits per heavy atom. The van der Waals surface area contributed by atoms with Gasteiger partial charge in [0.15, 0.2) is 5.13 Å². The van der Waals surface area contributed by atoms with Gasteiger partial charge in [-0.25, -0.2) is 4.98 Å². The van der Waals surface area contributed by atoms with E-state index < -0.39 is 5.41 Å². The van der Waals surface area contributed by atoms with Crippen molar-refractivity contribution in [2.24, 2.45) is 0 Å². The van der Waals surface area contributed by atoms with Crippen molar-refractivity contribution < 1.29 is 4.79 Å². The molecule has 122 valence electrons. The summed E-state index contributed by atoms with van der Waals surface area (Å²) >= 11 is 9.22. The molecule has 1 aromatic carbocycles. The third-order valence-electron chi connectivity index (χ3n) is 4.35. The van der Waals surface area contributed by atoms with Gasteiger partial charge in [-0.1, -0.05) is 36.6 Å². The number of carbonyl (C=O) groups is 1. The number of nitrogens with zero attached hydrogens (tertiary/aromatic N) is 1. The fourth-order valence-corrected chi connectivity index (χ4v) is 4.57. The number of benzene rings is 1. The number of carbonyl (C=O) groups excluding carboxylic acids is 1. The van der Waals surface area contributed by atoms with Gasteiger partial charge in [0.05, 0.1) is 11.1 Å². The average molecular weight is 367 g/mol. The number of aromatic nitrogens is 1. The van der Waals surface area contributed by atoms with Gasteiger partial charge in [0, 0.05) is 16.2 Å². The maximum absolute atomic E-state index is 13.0. The third-order valence-corrected chi connectivity index (χ3v) is 6.00. The molecule has 1 amide bonds. The second kappa shape index (κ2) is 7.24. The van der Waals surface area contributed by atoms with Crippen LogP contribution in [0.5, 0.6) is 0 Å². The molecule has 3 nitrogen and oxygen atoms in total. The van der Waals surface area contributed by atoms with Gasteiger partial charge in [-0.05, 0) is 36.8 Å². The zero-order valence-corrected chi connectivity index (χ0v) is 15.4. The van der Waals surface area contributed by atoms with Crippen molar-refractivity contribution in [3.05, 3.63) is 45.9 Å². The summed E-state index contributed by atoms with van der Waals surface area (Å²) < 4.78 is 0. The topological polar surface area (TPSA) is 42.0 Å². The van der Waals surface area contributed by atoms with E-state index in [0.717, 1.165) is 42.7 Å². The lowest BCUT2D eigenvalue weighted by atomic mass is 9.78. The van der Waals surface area contributed by atoms with E-state index in [1.807, 2.05) is 35.9 Å². The van der Waals surface area contributed by atoms with Crippen LogP contribution in [0.2, 0.25) is 5.02 Å². The SMILES string of the molecule is CSCc1csc(NC(=O)C2(c3ccc(Cl)cc3)CCCC2)n1. The molecule has 3 rings (SSSR count). The maximum Gasteiger partial charge on any atom is 0.236 e. The van der Waals surface area contributed by atoms with E-state index >= 15 is 0 Å². The molecule has 0 atom stereocenters. The molecular weight excluding hydrogens is 348 g/mol. The van der Waals surface area contributed by atoms with Gasteiger partial charge >= 0.3 is 0 Å². The molecule has 2 aromatic rings. The largest absolute Gasteiger partial charge is 0.301 e. The summed E-state index contributed by atoms with van der Waals surface area (Å²) in [5.41, 5.74) is 1.62.